The van der Waals surface area contributed by atoms with Gasteiger partial charge in [0.25, 0.3) is 0 Å². The van der Waals surface area contributed by atoms with Gasteiger partial charge in [0.05, 0.1) is 4.90 Å². The Morgan fingerprint density at radius 2 is 1.80 bits per heavy atom. The summed E-state index contributed by atoms with van der Waals surface area (Å²) in [5, 5.41) is 8.86. The number of amides is 2. The normalized spacial score (nSPS) is 15.6. The maximum atomic E-state index is 14.0. The number of piperidine rings is 1. The number of benzene rings is 2. The van der Waals surface area contributed by atoms with Gasteiger partial charge < -0.3 is 16.0 Å². The molecular weight excluding hydrogens is 495 g/mol. The predicted molar refractivity (Wildman–Crippen MR) is 133 cm³/mol. The van der Waals surface area contributed by atoms with Gasteiger partial charge in [-0.1, -0.05) is 35.4 Å². The summed E-state index contributed by atoms with van der Waals surface area (Å²) in [4.78, 5) is 25.7. The quantitative estimate of drug-likeness (QED) is 0.297. The van der Waals surface area contributed by atoms with E-state index in [1.807, 2.05) is 6.92 Å². The Morgan fingerprint density at radius 3 is 2.46 bits per heavy atom. The molecule has 1 fully saturated rings. The van der Waals surface area contributed by atoms with E-state index in [-0.39, 0.29) is 28.6 Å². The highest BCUT2D eigenvalue weighted by molar-refractivity contribution is 7.89. The van der Waals surface area contributed by atoms with Crippen LogP contribution in [0.4, 0.5) is 4.39 Å². The molecule has 1 aliphatic rings. The van der Waals surface area contributed by atoms with Crippen LogP contribution in [0.5, 0.6) is 0 Å². The highest BCUT2D eigenvalue weighted by Gasteiger charge is 2.40. The Balaban J connectivity index is 1.58. The predicted octanol–water partition coefficient (Wildman–Crippen LogP) is 2.13. The van der Waals surface area contributed by atoms with Gasteiger partial charge in [0.2, 0.25) is 21.8 Å². The van der Waals surface area contributed by atoms with Crippen molar-refractivity contribution in [3.05, 3.63) is 70.5 Å². The van der Waals surface area contributed by atoms with Gasteiger partial charge in [0.15, 0.2) is 0 Å². The lowest BCUT2D eigenvalue weighted by molar-refractivity contribution is -0.133. The van der Waals surface area contributed by atoms with E-state index in [2.05, 4.69) is 20.7 Å². The Labute approximate surface area is 209 Å². The highest BCUT2D eigenvalue weighted by atomic mass is 35.5. The lowest BCUT2D eigenvalue weighted by Crippen LogP contribution is -2.63. The summed E-state index contributed by atoms with van der Waals surface area (Å²) in [5.74, 6) is -1.52. The zero-order valence-electron chi connectivity index (χ0n) is 19.2. The van der Waals surface area contributed by atoms with Crippen molar-refractivity contribution in [2.24, 2.45) is 0 Å². The molecular formula is C24H28ClFN4O4S. The molecule has 0 spiro atoms. The number of halogens is 2. The summed E-state index contributed by atoms with van der Waals surface area (Å²) < 4.78 is 41.2. The van der Waals surface area contributed by atoms with Crippen molar-refractivity contribution in [1.82, 2.24) is 20.7 Å². The Bertz CT molecular complexity index is 1200. The minimum Gasteiger partial charge on any atom is -0.353 e. The van der Waals surface area contributed by atoms with Gasteiger partial charge in [-0.3, -0.25) is 9.59 Å². The second-order valence-electron chi connectivity index (χ2n) is 8.29. The molecule has 0 unspecified atom stereocenters. The number of nitrogens with one attached hydrogen (secondary N) is 4. The average Bonchev–Trinajstić information content (AvgIpc) is 2.82. The van der Waals surface area contributed by atoms with Crippen LogP contribution in [0.15, 0.2) is 53.4 Å². The molecule has 2 amide bonds. The largest absolute Gasteiger partial charge is 0.353 e. The number of hydrogen-bond donors (Lipinski definition) is 4. The Morgan fingerprint density at radius 1 is 1.11 bits per heavy atom. The molecule has 0 radical (unpaired) electrons. The molecule has 1 aliphatic heterocycles. The number of rotatable bonds is 9. The lowest BCUT2D eigenvalue weighted by atomic mass is 9.87. The van der Waals surface area contributed by atoms with E-state index >= 15 is 0 Å². The number of hydrogen-bond acceptors (Lipinski definition) is 5. The van der Waals surface area contributed by atoms with E-state index in [0.29, 0.717) is 25.9 Å². The molecule has 0 atom stereocenters. The van der Waals surface area contributed by atoms with Crippen LogP contribution in [-0.4, -0.2) is 52.0 Å². The SMILES string of the molecule is Cc1ccc(S(=O)(=O)NCCNC(=O)C2(NC(=O)/C=C/c3ccc(Cl)cc3F)CCNCC2)cc1. The fourth-order valence-corrected chi connectivity index (χ4v) is 4.86. The van der Waals surface area contributed by atoms with E-state index in [9.17, 15) is 22.4 Å². The van der Waals surface area contributed by atoms with E-state index in [0.717, 1.165) is 11.6 Å². The summed E-state index contributed by atoms with van der Waals surface area (Å²) in [6, 6.07) is 10.5. The minimum absolute atomic E-state index is 0.0139. The smallest absolute Gasteiger partial charge is 0.245 e. The van der Waals surface area contributed by atoms with Crippen LogP contribution in [0.25, 0.3) is 6.08 Å². The third-order valence-electron chi connectivity index (χ3n) is 5.66. The molecule has 2 aromatic carbocycles. The average molecular weight is 523 g/mol. The summed E-state index contributed by atoms with van der Waals surface area (Å²) in [5.41, 5.74) is -0.0333. The van der Waals surface area contributed by atoms with E-state index in [1.54, 1.807) is 12.1 Å². The van der Waals surface area contributed by atoms with Crippen LogP contribution in [0.3, 0.4) is 0 Å². The molecule has 35 heavy (non-hydrogen) atoms. The Hall–Kier alpha value is -2.79. The first-order valence-electron chi connectivity index (χ1n) is 11.1. The van der Waals surface area contributed by atoms with Crippen LogP contribution in [0.2, 0.25) is 5.02 Å². The first kappa shape index (κ1) is 26.8. The van der Waals surface area contributed by atoms with Gasteiger partial charge in [-0.25, -0.2) is 17.5 Å². The maximum Gasteiger partial charge on any atom is 0.245 e. The van der Waals surface area contributed by atoms with Gasteiger partial charge in [-0.15, -0.1) is 0 Å². The summed E-state index contributed by atoms with van der Waals surface area (Å²) in [6.45, 7) is 2.92. The van der Waals surface area contributed by atoms with E-state index < -0.39 is 33.2 Å². The molecule has 11 heteroatoms. The van der Waals surface area contributed by atoms with Crippen molar-refractivity contribution in [3.8, 4) is 0 Å². The zero-order valence-corrected chi connectivity index (χ0v) is 20.8. The molecule has 0 saturated carbocycles. The molecule has 8 nitrogen and oxygen atoms in total. The first-order chi connectivity index (χ1) is 16.6. The molecule has 3 rings (SSSR count). The molecule has 1 saturated heterocycles. The monoisotopic (exact) mass is 522 g/mol. The first-order valence-corrected chi connectivity index (χ1v) is 13.0. The number of carbonyl (C=O) groups is 2. The molecule has 0 bridgehead atoms. The van der Waals surface area contributed by atoms with Crippen molar-refractivity contribution in [1.29, 1.82) is 0 Å². The van der Waals surface area contributed by atoms with Crippen molar-refractivity contribution in [2.45, 2.75) is 30.2 Å². The fourth-order valence-electron chi connectivity index (χ4n) is 3.67. The molecule has 1 heterocycles. The second-order valence-corrected chi connectivity index (χ2v) is 10.5. The van der Waals surface area contributed by atoms with Gasteiger partial charge in [0.1, 0.15) is 11.4 Å². The Kier molecular flexibility index (Phi) is 9.01. The maximum absolute atomic E-state index is 14.0. The van der Waals surface area contributed by atoms with E-state index in [4.69, 9.17) is 11.6 Å². The summed E-state index contributed by atoms with van der Waals surface area (Å²) in [7, 11) is -3.70. The molecule has 188 valence electrons. The fraction of sp³-hybridized carbons (Fsp3) is 0.333. The van der Waals surface area contributed by atoms with Crippen LogP contribution < -0.4 is 20.7 Å². The summed E-state index contributed by atoms with van der Waals surface area (Å²) >= 11 is 5.74. The van der Waals surface area contributed by atoms with Crippen molar-refractivity contribution in [3.63, 3.8) is 0 Å². The minimum atomic E-state index is -3.70. The van der Waals surface area contributed by atoms with Gasteiger partial charge in [0, 0.05) is 29.8 Å². The molecule has 0 aliphatic carbocycles. The van der Waals surface area contributed by atoms with Crippen LogP contribution in [0.1, 0.15) is 24.0 Å². The molecule has 0 aromatic heterocycles. The van der Waals surface area contributed by atoms with Gasteiger partial charge in [-0.05, 0) is 63.2 Å². The van der Waals surface area contributed by atoms with Crippen LogP contribution in [-0.2, 0) is 19.6 Å². The third-order valence-corrected chi connectivity index (χ3v) is 7.38. The highest BCUT2D eigenvalue weighted by Crippen LogP contribution is 2.20. The third kappa shape index (κ3) is 7.35. The number of carbonyl (C=O) groups excluding carboxylic acids is 2. The van der Waals surface area contributed by atoms with Crippen molar-refractivity contribution >= 4 is 39.5 Å². The van der Waals surface area contributed by atoms with Gasteiger partial charge >= 0.3 is 0 Å². The lowest BCUT2D eigenvalue weighted by Gasteiger charge is -2.36. The molecule has 4 N–H and O–H groups in total. The standard InChI is InChI=1S/C24H28ClFN4O4S/c1-17-2-7-20(8-3-17)35(33,34)29-15-14-28-23(32)24(10-12-27-13-11-24)30-22(31)9-5-18-4-6-19(25)16-21(18)26/h2-9,16,27,29H,10-15H2,1H3,(H,28,32)(H,30,31)/b9-5+. The van der Waals surface area contributed by atoms with Gasteiger partial charge in [-0.2, -0.15) is 0 Å². The van der Waals surface area contributed by atoms with Crippen molar-refractivity contribution < 1.29 is 22.4 Å². The second kappa shape index (κ2) is 11.8. The van der Waals surface area contributed by atoms with Crippen LogP contribution >= 0.6 is 11.6 Å². The molecule has 2 aromatic rings. The zero-order chi connectivity index (χ0) is 25.5. The van der Waals surface area contributed by atoms with E-state index in [1.165, 1.54) is 36.4 Å². The van der Waals surface area contributed by atoms with Crippen LogP contribution in [0, 0.1) is 12.7 Å². The summed E-state index contributed by atoms with van der Waals surface area (Å²) in [6.07, 6.45) is 3.18. The number of sulfonamides is 1. The topological polar surface area (TPSA) is 116 Å². The number of aryl methyl sites for hydroxylation is 1. The van der Waals surface area contributed by atoms with Crippen molar-refractivity contribution in [2.75, 3.05) is 26.2 Å².